The first-order valence-corrected chi connectivity index (χ1v) is 6.92. The van der Waals surface area contributed by atoms with Crippen LogP contribution in [0.25, 0.3) is 0 Å². The molecule has 0 saturated heterocycles. The van der Waals surface area contributed by atoms with Crippen LogP contribution in [0.5, 0.6) is 0 Å². The van der Waals surface area contributed by atoms with Gasteiger partial charge in [0, 0.05) is 16.9 Å². The van der Waals surface area contributed by atoms with Crippen molar-refractivity contribution in [2.45, 2.75) is 25.7 Å². The van der Waals surface area contributed by atoms with Crippen LogP contribution in [0, 0.1) is 11.6 Å². The number of ketones is 1. The topological polar surface area (TPSA) is 17.1 Å². The summed E-state index contributed by atoms with van der Waals surface area (Å²) in [5.41, 5.74) is 0.127. The van der Waals surface area contributed by atoms with E-state index in [0.29, 0.717) is 10.6 Å². The number of rotatable bonds is 4. The summed E-state index contributed by atoms with van der Waals surface area (Å²) in [4.78, 5) is 12.5. The van der Waals surface area contributed by atoms with Gasteiger partial charge >= 0.3 is 0 Å². The lowest BCUT2D eigenvalue weighted by Crippen LogP contribution is -2.30. The number of benzene rings is 2. The fourth-order valence-corrected chi connectivity index (χ4v) is 2.29. The standard InChI is InChI=1S/C17H15ClF2O/c1-17(2,12-3-6-14(19)7-4-12)16(21)10-11-9-13(18)5-8-15(11)20/h3-9H,10H2,1-2H3. The summed E-state index contributed by atoms with van der Waals surface area (Å²) in [6, 6.07) is 9.90. The highest BCUT2D eigenvalue weighted by atomic mass is 35.5. The summed E-state index contributed by atoms with van der Waals surface area (Å²) in [6.07, 6.45) is -0.0588. The third kappa shape index (κ3) is 3.48. The Bertz CT molecular complexity index is 663. The Labute approximate surface area is 127 Å². The number of halogens is 3. The summed E-state index contributed by atoms with van der Waals surface area (Å²) in [6.45, 7) is 3.48. The van der Waals surface area contributed by atoms with Gasteiger partial charge in [0.05, 0.1) is 0 Å². The summed E-state index contributed by atoms with van der Waals surface area (Å²) in [5.74, 6) is -0.971. The van der Waals surface area contributed by atoms with Crippen LogP contribution in [0.4, 0.5) is 8.78 Å². The molecule has 0 aromatic heterocycles. The van der Waals surface area contributed by atoms with Crippen molar-refractivity contribution in [3.8, 4) is 0 Å². The van der Waals surface area contributed by atoms with Gasteiger partial charge in [-0.1, -0.05) is 23.7 Å². The van der Waals surface area contributed by atoms with Crippen molar-refractivity contribution in [2.24, 2.45) is 0 Å². The van der Waals surface area contributed by atoms with Gasteiger partial charge in [0.2, 0.25) is 0 Å². The Morgan fingerprint density at radius 1 is 1.10 bits per heavy atom. The largest absolute Gasteiger partial charge is 0.298 e. The van der Waals surface area contributed by atoms with Crippen molar-refractivity contribution in [1.82, 2.24) is 0 Å². The predicted molar refractivity (Wildman–Crippen MR) is 79.5 cm³/mol. The van der Waals surface area contributed by atoms with Crippen molar-refractivity contribution in [3.63, 3.8) is 0 Å². The molecule has 4 heteroatoms. The minimum absolute atomic E-state index is 0.0588. The molecular formula is C17H15ClF2O. The molecule has 0 bridgehead atoms. The second-order valence-corrected chi connectivity index (χ2v) is 5.90. The molecule has 2 rings (SSSR count). The number of carbonyl (C=O) groups excluding carboxylic acids is 1. The molecule has 0 N–H and O–H groups in total. The Morgan fingerprint density at radius 2 is 1.71 bits per heavy atom. The molecular weight excluding hydrogens is 294 g/mol. The van der Waals surface area contributed by atoms with E-state index in [9.17, 15) is 13.6 Å². The van der Waals surface area contributed by atoms with E-state index in [-0.39, 0.29) is 23.6 Å². The molecule has 0 spiro atoms. The average Bonchev–Trinajstić information content (AvgIpc) is 2.43. The summed E-state index contributed by atoms with van der Waals surface area (Å²) in [7, 11) is 0. The molecule has 0 unspecified atom stereocenters. The van der Waals surface area contributed by atoms with E-state index in [1.54, 1.807) is 26.0 Å². The zero-order valence-corrected chi connectivity index (χ0v) is 12.5. The van der Waals surface area contributed by atoms with Gasteiger partial charge < -0.3 is 0 Å². The van der Waals surface area contributed by atoms with E-state index in [1.165, 1.54) is 30.3 Å². The number of carbonyl (C=O) groups is 1. The lowest BCUT2D eigenvalue weighted by atomic mass is 9.78. The lowest BCUT2D eigenvalue weighted by molar-refractivity contribution is -0.122. The molecule has 0 radical (unpaired) electrons. The molecule has 0 amide bonds. The van der Waals surface area contributed by atoms with E-state index >= 15 is 0 Å². The Kier molecular flexibility index (Phi) is 4.43. The van der Waals surface area contributed by atoms with E-state index in [2.05, 4.69) is 0 Å². The summed E-state index contributed by atoms with van der Waals surface area (Å²) >= 11 is 5.83. The van der Waals surface area contributed by atoms with Crippen molar-refractivity contribution < 1.29 is 13.6 Å². The fraction of sp³-hybridized carbons (Fsp3) is 0.235. The smallest absolute Gasteiger partial charge is 0.147 e. The van der Waals surface area contributed by atoms with E-state index in [1.807, 2.05) is 0 Å². The number of hydrogen-bond acceptors (Lipinski definition) is 1. The normalized spacial score (nSPS) is 11.5. The van der Waals surface area contributed by atoms with Crippen LogP contribution in [0.15, 0.2) is 42.5 Å². The SMILES string of the molecule is CC(C)(C(=O)Cc1cc(Cl)ccc1F)c1ccc(F)cc1. The highest BCUT2D eigenvalue weighted by Gasteiger charge is 2.30. The van der Waals surface area contributed by atoms with Crippen LogP contribution < -0.4 is 0 Å². The zero-order chi connectivity index (χ0) is 15.6. The van der Waals surface area contributed by atoms with Gasteiger partial charge in [-0.2, -0.15) is 0 Å². The minimum atomic E-state index is -0.831. The summed E-state index contributed by atoms with van der Waals surface area (Å²) in [5, 5.41) is 0.388. The molecule has 0 aliphatic rings. The molecule has 0 atom stereocenters. The molecule has 0 aliphatic carbocycles. The van der Waals surface area contributed by atoms with Crippen molar-refractivity contribution in [1.29, 1.82) is 0 Å². The first-order chi connectivity index (χ1) is 9.80. The maximum atomic E-state index is 13.7. The van der Waals surface area contributed by atoms with Gasteiger partial charge in [-0.3, -0.25) is 4.79 Å². The third-order valence-corrected chi connectivity index (χ3v) is 3.86. The van der Waals surface area contributed by atoms with Gasteiger partial charge in [-0.25, -0.2) is 8.78 Å². The molecule has 0 fully saturated rings. The van der Waals surface area contributed by atoms with E-state index in [0.717, 1.165) is 0 Å². The summed E-state index contributed by atoms with van der Waals surface area (Å²) < 4.78 is 26.7. The molecule has 110 valence electrons. The minimum Gasteiger partial charge on any atom is -0.298 e. The zero-order valence-electron chi connectivity index (χ0n) is 11.8. The van der Waals surface area contributed by atoms with Crippen LogP contribution in [-0.4, -0.2) is 5.78 Å². The Hall–Kier alpha value is -1.74. The van der Waals surface area contributed by atoms with Crippen LogP contribution in [-0.2, 0) is 16.6 Å². The maximum absolute atomic E-state index is 13.7. The highest BCUT2D eigenvalue weighted by Crippen LogP contribution is 2.27. The van der Waals surface area contributed by atoms with Crippen LogP contribution in [0.3, 0.4) is 0 Å². The van der Waals surface area contributed by atoms with E-state index in [4.69, 9.17) is 11.6 Å². The second kappa shape index (κ2) is 5.94. The number of Topliss-reactive ketones (excluding diaryl/α,β-unsaturated/α-hetero) is 1. The monoisotopic (exact) mass is 308 g/mol. The molecule has 21 heavy (non-hydrogen) atoms. The van der Waals surface area contributed by atoms with Gasteiger partial charge in [-0.05, 0) is 55.3 Å². The van der Waals surface area contributed by atoms with Gasteiger partial charge in [0.15, 0.2) is 0 Å². The first kappa shape index (κ1) is 15.6. The second-order valence-electron chi connectivity index (χ2n) is 5.47. The van der Waals surface area contributed by atoms with Gasteiger partial charge in [0.25, 0.3) is 0 Å². The van der Waals surface area contributed by atoms with Gasteiger partial charge in [-0.15, -0.1) is 0 Å². The highest BCUT2D eigenvalue weighted by molar-refractivity contribution is 6.30. The quantitative estimate of drug-likeness (QED) is 0.799. The van der Waals surface area contributed by atoms with E-state index < -0.39 is 11.2 Å². The van der Waals surface area contributed by atoms with Crippen molar-refractivity contribution in [2.75, 3.05) is 0 Å². The van der Waals surface area contributed by atoms with Crippen LogP contribution in [0.2, 0.25) is 5.02 Å². The molecule has 1 nitrogen and oxygen atoms in total. The Morgan fingerprint density at radius 3 is 2.33 bits per heavy atom. The van der Waals surface area contributed by atoms with Gasteiger partial charge in [0.1, 0.15) is 17.4 Å². The predicted octanol–water partition coefficient (Wildman–Crippen LogP) is 4.71. The first-order valence-electron chi connectivity index (χ1n) is 6.54. The van der Waals surface area contributed by atoms with Crippen LogP contribution in [0.1, 0.15) is 25.0 Å². The molecule has 0 aliphatic heterocycles. The van der Waals surface area contributed by atoms with Crippen molar-refractivity contribution in [3.05, 3.63) is 70.2 Å². The molecule has 0 saturated carbocycles. The lowest BCUT2D eigenvalue weighted by Gasteiger charge is -2.24. The maximum Gasteiger partial charge on any atom is 0.147 e. The number of hydrogen-bond donors (Lipinski definition) is 0. The third-order valence-electron chi connectivity index (χ3n) is 3.62. The van der Waals surface area contributed by atoms with Crippen LogP contribution >= 0.6 is 11.6 Å². The molecule has 2 aromatic carbocycles. The average molecular weight is 309 g/mol. The molecule has 2 aromatic rings. The Balaban J connectivity index is 2.26. The fourth-order valence-electron chi connectivity index (χ4n) is 2.10. The molecule has 0 heterocycles. The van der Waals surface area contributed by atoms with Crippen molar-refractivity contribution >= 4 is 17.4 Å².